The number of hydrogen-bond acceptors (Lipinski definition) is 6. The number of likely N-dealkylation sites (tertiary alicyclic amines) is 1. The average molecular weight is 333 g/mol. The summed E-state index contributed by atoms with van der Waals surface area (Å²) >= 11 is 0. The summed E-state index contributed by atoms with van der Waals surface area (Å²) in [6.07, 6.45) is -1.40. The van der Waals surface area contributed by atoms with Crippen LogP contribution in [-0.4, -0.2) is 66.6 Å². The van der Waals surface area contributed by atoms with Crippen molar-refractivity contribution in [1.82, 2.24) is 4.90 Å². The highest BCUT2D eigenvalue weighted by molar-refractivity contribution is 7.91. The van der Waals surface area contributed by atoms with E-state index in [-0.39, 0.29) is 36.8 Å². The molecule has 3 unspecified atom stereocenters. The van der Waals surface area contributed by atoms with E-state index in [2.05, 4.69) is 0 Å². The zero-order valence-corrected chi connectivity index (χ0v) is 13.9. The Kier molecular flexibility index (Phi) is 4.54. The maximum absolute atomic E-state index is 12.1. The molecule has 0 saturated carbocycles. The van der Waals surface area contributed by atoms with Crippen LogP contribution in [0, 0.1) is 11.8 Å². The predicted octanol–water partition coefficient (Wildman–Crippen LogP) is 0.218. The summed E-state index contributed by atoms with van der Waals surface area (Å²) in [5.41, 5.74) is -0.635. The Hall–Kier alpha value is -1.15. The first-order chi connectivity index (χ1) is 9.98. The van der Waals surface area contributed by atoms with E-state index in [1.54, 1.807) is 20.8 Å². The van der Waals surface area contributed by atoms with Crippen LogP contribution in [0.1, 0.15) is 27.2 Å². The van der Waals surface area contributed by atoms with Crippen molar-refractivity contribution in [2.75, 3.05) is 24.6 Å². The van der Waals surface area contributed by atoms with Crippen molar-refractivity contribution in [2.24, 2.45) is 11.8 Å². The minimum Gasteiger partial charge on any atom is -0.444 e. The number of aliphatic hydroxyl groups is 1. The summed E-state index contributed by atoms with van der Waals surface area (Å²) in [6.45, 7) is 5.63. The lowest BCUT2D eigenvalue weighted by Gasteiger charge is -2.36. The van der Waals surface area contributed by atoms with Crippen molar-refractivity contribution in [3.8, 4) is 0 Å². The summed E-state index contributed by atoms with van der Waals surface area (Å²) in [5, 5.41) is 9.94. The topological polar surface area (TPSA) is 101 Å². The second kappa shape index (κ2) is 5.81. The van der Waals surface area contributed by atoms with Crippen LogP contribution >= 0.6 is 0 Å². The molecule has 8 heteroatoms. The van der Waals surface area contributed by atoms with Crippen LogP contribution in [0.5, 0.6) is 0 Å². The number of Topliss-reactive ketones (excluding diaryl/α,β-unsaturated/α-hetero) is 1. The van der Waals surface area contributed by atoms with Crippen LogP contribution < -0.4 is 0 Å². The molecular weight excluding hydrogens is 310 g/mol. The van der Waals surface area contributed by atoms with E-state index in [1.807, 2.05) is 0 Å². The quantitative estimate of drug-likeness (QED) is 0.736. The van der Waals surface area contributed by atoms with Crippen molar-refractivity contribution in [3.05, 3.63) is 0 Å². The predicted molar refractivity (Wildman–Crippen MR) is 79.1 cm³/mol. The first-order valence-electron chi connectivity index (χ1n) is 7.38. The van der Waals surface area contributed by atoms with Crippen LogP contribution in [0.2, 0.25) is 0 Å². The minimum absolute atomic E-state index is 0.0963. The van der Waals surface area contributed by atoms with Gasteiger partial charge in [0.1, 0.15) is 11.4 Å². The Morgan fingerprint density at radius 3 is 2.45 bits per heavy atom. The van der Waals surface area contributed by atoms with Gasteiger partial charge in [0.2, 0.25) is 0 Å². The van der Waals surface area contributed by atoms with E-state index in [1.165, 1.54) is 4.90 Å². The first kappa shape index (κ1) is 17.2. The van der Waals surface area contributed by atoms with Gasteiger partial charge in [-0.15, -0.1) is 0 Å². The molecule has 0 bridgehead atoms. The van der Waals surface area contributed by atoms with Gasteiger partial charge in [-0.1, -0.05) is 0 Å². The third-order valence-electron chi connectivity index (χ3n) is 3.99. The van der Waals surface area contributed by atoms with Crippen molar-refractivity contribution in [2.45, 2.75) is 38.9 Å². The Morgan fingerprint density at radius 1 is 1.32 bits per heavy atom. The molecule has 2 fully saturated rings. The molecule has 0 aromatic heterocycles. The number of ether oxygens (including phenoxy) is 1. The van der Waals surface area contributed by atoms with Gasteiger partial charge in [0, 0.05) is 31.3 Å². The lowest BCUT2D eigenvalue weighted by Crippen LogP contribution is -2.49. The Bertz CT molecular complexity index is 564. The van der Waals surface area contributed by atoms with Crippen molar-refractivity contribution in [3.63, 3.8) is 0 Å². The second-order valence-electron chi connectivity index (χ2n) is 7.06. The largest absolute Gasteiger partial charge is 0.444 e. The number of ketones is 1. The van der Waals surface area contributed by atoms with Gasteiger partial charge in [0.25, 0.3) is 0 Å². The summed E-state index contributed by atoms with van der Waals surface area (Å²) in [7, 11) is -3.32. The molecule has 2 rings (SSSR count). The molecule has 2 aliphatic rings. The van der Waals surface area contributed by atoms with Gasteiger partial charge in [-0.25, -0.2) is 13.2 Å². The van der Waals surface area contributed by atoms with Crippen molar-refractivity contribution < 1.29 is 27.9 Å². The third-order valence-corrected chi connectivity index (χ3v) is 5.73. The van der Waals surface area contributed by atoms with Gasteiger partial charge < -0.3 is 14.7 Å². The number of nitrogens with zero attached hydrogens (tertiary/aromatic N) is 1. The standard InChI is InChI=1S/C14H23NO6S/c1-14(2,3)21-13(18)15-5-4-11(16)9(6-15)10-7-22(19,20)8-12(10)17/h9-10,12,17H,4-8H2,1-3H3. The van der Waals surface area contributed by atoms with Crippen molar-refractivity contribution in [1.29, 1.82) is 0 Å². The number of piperidine rings is 1. The van der Waals surface area contributed by atoms with Gasteiger partial charge in [0.05, 0.1) is 17.6 Å². The number of hydrogen-bond donors (Lipinski definition) is 1. The van der Waals surface area contributed by atoms with Crippen LogP contribution in [0.25, 0.3) is 0 Å². The zero-order valence-electron chi connectivity index (χ0n) is 13.1. The number of carbonyl (C=O) groups excluding carboxylic acids is 2. The average Bonchev–Trinajstić information content (AvgIpc) is 2.61. The summed E-state index contributed by atoms with van der Waals surface area (Å²) in [4.78, 5) is 25.6. The Balaban J connectivity index is 2.09. The second-order valence-corrected chi connectivity index (χ2v) is 9.21. The number of carbonyl (C=O) groups is 2. The third kappa shape index (κ3) is 3.98. The monoisotopic (exact) mass is 333 g/mol. The van der Waals surface area contributed by atoms with Gasteiger partial charge in [-0.2, -0.15) is 0 Å². The summed E-state index contributed by atoms with van der Waals surface area (Å²) in [6, 6.07) is 0. The van der Waals surface area contributed by atoms with E-state index >= 15 is 0 Å². The van der Waals surface area contributed by atoms with E-state index in [4.69, 9.17) is 4.74 Å². The van der Waals surface area contributed by atoms with Gasteiger partial charge >= 0.3 is 6.09 Å². The Labute approximate surface area is 130 Å². The summed E-state index contributed by atoms with van der Waals surface area (Å²) in [5.74, 6) is -1.89. The van der Waals surface area contributed by atoms with E-state index < -0.39 is 39.5 Å². The highest BCUT2D eigenvalue weighted by Gasteiger charge is 2.46. The lowest BCUT2D eigenvalue weighted by atomic mass is 9.83. The SMILES string of the molecule is CC(C)(C)OC(=O)N1CCC(=O)C(C2CS(=O)(=O)CC2O)C1. The molecule has 0 radical (unpaired) electrons. The number of amides is 1. The fourth-order valence-corrected chi connectivity index (χ4v) is 4.91. The molecule has 0 aromatic rings. The van der Waals surface area contributed by atoms with Crippen LogP contribution in [0.15, 0.2) is 0 Å². The van der Waals surface area contributed by atoms with Crippen LogP contribution in [0.4, 0.5) is 4.79 Å². The van der Waals surface area contributed by atoms with Gasteiger partial charge in [-0.05, 0) is 20.8 Å². The Morgan fingerprint density at radius 2 is 1.95 bits per heavy atom. The molecule has 1 N–H and O–H groups in total. The van der Waals surface area contributed by atoms with Gasteiger partial charge in [0.15, 0.2) is 9.84 Å². The van der Waals surface area contributed by atoms with Gasteiger partial charge in [-0.3, -0.25) is 4.79 Å². The molecule has 0 aromatic carbocycles. The first-order valence-corrected chi connectivity index (χ1v) is 9.20. The molecule has 126 valence electrons. The maximum atomic E-state index is 12.1. The van der Waals surface area contributed by atoms with E-state index in [9.17, 15) is 23.1 Å². The normalized spacial score (nSPS) is 32.1. The maximum Gasteiger partial charge on any atom is 0.410 e. The highest BCUT2D eigenvalue weighted by Crippen LogP contribution is 2.31. The fourth-order valence-electron chi connectivity index (χ4n) is 2.97. The molecule has 1 amide bonds. The highest BCUT2D eigenvalue weighted by atomic mass is 32.2. The van der Waals surface area contributed by atoms with E-state index in [0.29, 0.717) is 0 Å². The number of sulfone groups is 1. The van der Waals surface area contributed by atoms with Crippen molar-refractivity contribution >= 4 is 21.7 Å². The van der Waals surface area contributed by atoms with E-state index in [0.717, 1.165) is 0 Å². The fraction of sp³-hybridized carbons (Fsp3) is 0.857. The molecule has 22 heavy (non-hydrogen) atoms. The lowest BCUT2D eigenvalue weighted by molar-refractivity contribution is -0.129. The molecule has 3 atom stereocenters. The van der Waals surface area contributed by atoms with Crippen LogP contribution in [0.3, 0.4) is 0 Å². The smallest absolute Gasteiger partial charge is 0.410 e. The molecule has 0 aliphatic carbocycles. The molecule has 2 saturated heterocycles. The minimum atomic E-state index is -3.32. The number of aliphatic hydroxyl groups excluding tert-OH is 1. The molecule has 0 spiro atoms. The van der Waals surface area contributed by atoms with Crippen LogP contribution in [-0.2, 0) is 19.4 Å². The molecule has 2 heterocycles. The zero-order chi connectivity index (χ0) is 16.7. The molecular formula is C14H23NO6S. The number of rotatable bonds is 1. The molecule has 2 aliphatic heterocycles. The molecule has 7 nitrogen and oxygen atoms in total. The summed E-state index contributed by atoms with van der Waals surface area (Å²) < 4.78 is 28.5.